The molecule has 2 N–H and O–H groups in total. The lowest BCUT2D eigenvalue weighted by Crippen LogP contribution is -2.35. The van der Waals surface area contributed by atoms with Gasteiger partial charge in [0.05, 0.1) is 12.4 Å². The summed E-state index contributed by atoms with van der Waals surface area (Å²) in [5, 5.41) is 3.17. The average Bonchev–Trinajstić information content (AvgIpc) is 2.26. The second-order valence-corrected chi connectivity index (χ2v) is 6.03. The van der Waals surface area contributed by atoms with Gasteiger partial charge in [-0.3, -0.25) is 0 Å². The van der Waals surface area contributed by atoms with Crippen molar-refractivity contribution in [3.8, 4) is 0 Å². The van der Waals surface area contributed by atoms with E-state index < -0.39 is 10.0 Å². The van der Waals surface area contributed by atoms with Gasteiger partial charge in [-0.15, -0.1) is 0 Å². The molecule has 0 aromatic carbocycles. The summed E-state index contributed by atoms with van der Waals surface area (Å²) in [5.41, 5.74) is 0. The Bertz CT molecular complexity index is 274. The first-order valence-corrected chi connectivity index (χ1v) is 7.55. The Morgan fingerprint density at radius 2 is 2.25 bits per heavy atom. The summed E-state index contributed by atoms with van der Waals surface area (Å²) in [6.45, 7) is 5.26. The van der Waals surface area contributed by atoms with Gasteiger partial charge in [-0.1, -0.05) is 6.92 Å². The Hall–Kier alpha value is -0.170. The lowest BCUT2D eigenvalue weighted by atomic mass is 10.0. The first-order chi connectivity index (χ1) is 7.64. The zero-order valence-electron chi connectivity index (χ0n) is 9.87. The minimum atomic E-state index is -3.08. The zero-order valence-corrected chi connectivity index (χ0v) is 10.7. The van der Waals surface area contributed by atoms with Crippen molar-refractivity contribution in [2.24, 2.45) is 5.92 Å². The number of nitrogens with one attached hydrogen (secondary N) is 2. The maximum atomic E-state index is 11.3. The number of sulfonamides is 1. The molecule has 0 spiro atoms. The highest BCUT2D eigenvalue weighted by molar-refractivity contribution is 7.89. The van der Waals surface area contributed by atoms with E-state index in [1.54, 1.807) is 6.92 Å². The molecule has 1 heterocycles. The van der Waals surface area contributed by atoms with Crippen LogP contribution in [-0.2, 0) is 14.8 Å². The molecule has 1 aliphatic heterocycles. The Kier molecular flexibility index (Phi) is 6.26. The van der Waals surface area contributed by atoms with Gasteiger partial charge in [0, 0.05) is 26.2 Å². The Labute approximate surface area is 98.0 Å². The summed E-state index contributed by atoms with van der Waals surface area (Å²) in [6, 6.07) is 0. The third-order valence-electron chi connectivity index (χ3n) is 2.60. The van der Waals surface area contributed by atoms with Gasteiger partial charge in [0.15, 0.2) is 0 Å². The molecule has 1 rings (SSSR count). The van der Waals surface area contributed by atoms with Crippen LogP contribution in [0.2, 0.25) is 0 Å². The normalized spacial score (nSPS) is 22.2. The highest BCUT2D eigenvalue weighted by Crippen LogP contribution is 2.11. The van der Waals surface area contributed by atoms with Crippen LogP contribution in [0.5, 0.6) is 0 Å². The standard InChI is InChI=1S/C10H22N2O3S/c1-2-12-16(13,14)7-5-11-8-10-4-3-6-15-9-10/h10-12H,2-9H2,1H3. The van der Waals surface area contributed by atoms with Crippen molar-refractivity contribution in [1.29, 1.82) is 0 Å². The molecule has 1 fully saturated rings. The topological polar surface area (TPSA) is 67.4 Å². The molecule has 1 unspecified atom stereocenters. The maximum absolute atomic E-state index is 11.3. The van der Waals surface area contributed by atoms with Crippen LogP contribution in [0.1, 0.15) is 19.8 Å². The number of hydrogen-bond donors (Lipinski definition) is 2. The zero-order chi connectivity index (χ0) is 11.9. The summed E-state index contributed by atoms with van der Waals surface area (Å²) in [7, 11) is -3.08. The van der Waals surface area contributed by atoms with Crippen LogP contribution in [0.15, 0.2) is 0 Å². The van der Waals surface area contributed by atoms with Gasteiger partial charge >= 0.3 is 0 Å². The fraction of sp³-hybridized carbons (Fsp3) is 1.00. The Morgan fingerprint density at radius 1 is 1.44 bits per heavy atom. The molecule has 0 radical (unpaired) electrons. The maximum Gasteiger partial charge on any atom is 0.212 e. The fourth-order valence-corrected chi connectivity index (χ4v) is 2.77. The number of rotatable bonds is 7. The SMILES string of the molecule is CCNS(=O)(=O)CCNCC1CCCOC1. The molecule has 96 valence electrons. The van der Waals surface area contributed by atoms with Crippen LogP contribution in [0.4, 0.5) is 0 Å². The van der Waals surface area contributed by atoms with Crippen molar-refractivity contribution in [1.82, 2.24) is 10.0 Å². The minimum absolute atomic E-state index is 0.147. The lowest BCUT2D eigenvalue weighted by Gasteiger charge is -2.22. The third-order valence-corrected chi connectivity index (χ3v) is 4.07. The summed E-state index contributed by atoms with van der Waals surface area (Å²) < 4.78 is 30.4. The summed E-state index contributed by atoms with van der Waals surface area (Å²) in [6.07, 6.45) is 2.29. The van der Waals surface area contributed by atoms with E-state index in [2.05, 4.69) is 10.0 Å². The van der Waals surface area contributed by atoms with Crippen molar-refractivity contribution >= 4 is 10.0 Å². The summed E-state index contributed by atoms with van der Waals surface area (Å²) in [5.74, 6) is 0.685. The molecule has 0 bridgehead atoms. The van der Waals surface area contributed by atoms with Gasteiger partial charge in [-0.2, -0.15) is 0 Å². The molecule has 5 nitrogen and oxygen atoms in total. The van der Waals surface area contributed by atoms with Crippen LogP contribution in [0, 0.1) is 5.92 Å². The van der Waals surface area contributed by atoms with Crippen LogP contribution in [0.25, 0.3) is 0 Å². The van der Waals surface area contributed by atoms with Gasteiger partial charge in [0.25, 0.3) is 0 Å². The molecule has 16 heavy (non-hydrogen) atoms. The first-order valence-electron chi connectivity index (χ1n) is 5.90. The van der Waals surface area contributed by atoms with Crippen molar-refractivity contribution in [2.45, 2.75) is 19.8 Å². The van der Waals surface area contributed by atoms with Gasteiger partial charge in [-0.05, 0) is 18.8 Å². The molecule has 0 aromatic rings. The number of hydrogen-bond acceptors (Lipinski definition) is 4. The van der Waals surface area contributed by atoms with Crippen molar-refractivity contribution < 1.29 is 13.2 Å². The summed E-state index contributed by atoms with van der Waals surface area (Å²) in [4.78, 5) is 0. The second-order valence-electron chi connectivity index (χ2n) is 4.10. The predicted octanol–water partition coefficient (Wildman–Crippen LogP) is -0.0581. The van der Waals surface area contributed by atoms with Crippen molar-refractivity contribution in [2.75, 3.05) is 38.6 Å². The molecule has 6 heteroatoms. The van der Waals surface area contributed by atoms with E-state index in [-0.39, 0.29) is 5.75 Å². The van der Waals surface area contributed by atoms with Crippen LogP contribution >= 0.6 is 0 Å². The van der Waals surface area contributed by atoms with E-state index in [4.69, 9.17) is 4.74 Å². The average molecular weight is 250 g/mol. The predicted molar refractivity (Wildman–Crippen MR) is 63.9 cm³/mol. The molecule has 1 aliphatic rings. The van der Waals surface area contributed by atoms with Crippen LogP contribution < -0.4 is 10.0 Å². The van der Waals surface area contributed by atoms with Gasteiger partial charge in [0.1, 0.15) is 0 Å². The minimum Gasteiger partial charge on any atom is -0.381 e. The fourth-order valence-electron chi connectivity index (χ4n) is 1.77. The molecule has 0 aromatic heterocycles. The quantitative estimate of drug-likeness (QED) is 0.621. The number of ether oxygens (including phenoxy) is 1. The van der Waals surface area contributed by atoms with Crippen molar-refractivity contribution in [3.05, 3.63) is 0 Å². The monoisotopic (exact) mass is 250 g/mol. The van der Waals surface area contributed by atoms with E-state index >= 15 is 0 Å². The highest BCUT2D eigenvalue weighted by atomic mass is 32.2. The Balaban J connectivity index is 2.06. The molecular weight excluding hydrogens is 228 g/mol. The van der Waals surface area contributed by atoms with E-state index in [0.29, 0.717) is 19.0 Å². The summed E-state index contributed by atoms with van der Waals surface area (Å²) >= 11 is 0. The third kappa shape index (κ3) is 5.79. The van der Waals surface area contributed by atoms with E-state index in [1.165, 1.54) is 6.42 Å². The lowest BCUT2D eigenvalue weighted by molar-refractivity contribution is 0.0551. The smallest absolute Gasteiger partial charge is 0.212 e. The molecule has 1 saturated heterocycles. The second kappa shape index (κ2) is 7.21. The molecule has 0 aliphatic carbocycles. The molecule has 1 atom stereocenters. The largest absolute Gasteiger partial charge is 0.381 e. The van der Waals surface area contributed by atoms with E-state index in [1.807, 2.05) is 0 Å². The van der Waals surface area contributed by atoms with Gasteiger partial charge in [0.2, 0.25) is 10.0 Å². The molecule has 0 amide bonds. The van der Waals surface area contributed by atoms with E-state index in [0.717, 1.165) is 26.2 Å². The van der Waals surface area contributed by atoms with E-state index in [9.17, 15) is 8.42 Å². The highest BCUT2D eigenvalue weighted by Gasteiger charge is 2.13. The molecule has 0 saturated carbocycles. The van der Waals surface area contributed by atoms with Crippen LogP contribution in [-0.4, -0.2) is 47.0 Å². The molecular formula is C10H22N2O3S. The first kappa shape index (κ1) is 13.9. The van der Waals surface area contributed by atoms with Crippen LogP contribution in [0.3, 0.4) is 0 Å². The van der Waals surface area contributed by atoms with Gasteiger partial charge < -0.3 is 10.1 Å². The Morgan fingerprint density at radius 3 is 2.88 bits per heavy atom. The van der Waals surface area contributed by atoms with Crippen molar-refractivity contribution in [3.63, 3.8) is 0 Å². The van der Waals surface area contributed by atoms with Gasteiger partial charge in [-0.25, -0.2) is 13.1 Å².